The molecule has 0 aliphatic heterocycles. The van der Waals surface area contributed by atoms with E-state index in [0.717, 1.165) is 102 Å². The molecule has 0 N–H and O–H groups in total. The van der Waals surface area contributed by atoms with Crippen molar-refractivity contribution in [3.05, 3.63) is 508 Å². The monoisotopic (exact) mass is 1800 g/mol. The summed E-state index contributed by atoms with van der Waals surface area (Å²) in [6.45, 7) is 0. The predicted molar refractivity (Wildman–Crippen MR) is 538 cm³/mol. The molecule has 0 fully saturated rings. The van der Waals surface area contributed by atoms with E-state index in [1.807, 2.05) is 126 Å². The molecule has 20 aromatic carbocycles. The fraction of sp³-hybridized carbons (Fsp3) is 0.00840. The number of hydrogen-bond donors (Lipinski definition) is 0. The van der Waals surface area contributed by atoms with Crippen molar-refractivity contribution in [1.29, 1.82) is 0 Å². The lowest BCUT2D eigenvalue weighted by atomic mass is 9.67. The number of hydrogen-bond acceptors (Lipinski definition) is 0. The molecule has 0 bridgehead atoms. The quantitative estimate of drug-likeness (QED) is 0.116. The molecule has 0 unspecified atom stereocenters. The van der Waals surface area contributed by atoms with E-state index in [0.29, 0.717) is 11.3 Å². The second kappa shape index (κ2) is 32.7. The molecule has 3 aromatic heterocycles. The lowest BCUT2D eigenvalue weighted by Crippen LogP contribution is -2.28. The van der Waals surface area contributed by atoms with Crippen molar-refractivity contribution in [1.82, 2.24) is 13.7 Å². The van der Waals surface area contributed by atoms with Crippen molar-refractivity contribution in [3.63, 3.8) is 0 Å². The highest BCUT2D eigenvalue weighted by Crippen LogP contribution is 2.57. The molecular formula is C119H78Br3N3. The van der Waals surface area contributed by atoms with Gasteiger partial charge in [-0.15, -0.1) is 0 Å². The van der Waals surface area contributed by atoms with E-state index in [2.05, 4.69) is 300 Å². The largest absolute Gasteiger partial charge is 0.309 e. The van der Waals surface area contributed by atoms with Gasteiger partial charge in [0.1, 0.15) is 0 Å². The number of nitrogens with zero attached hydrogens (tertiary/aromatic N) is 3. The van der Waals surface area contributed by atoms with Crippen LogP contribution in [0.5, 0.6) is 0 Å². The van der Waals surface area contributed by atoms with Gasteiger partial charge in [-0.05, 0) is 226 Å². The third kappa shape index (κ3) is 13.8. The maximum absolute atomic E-state index is 8.90. The smallest absolute Gasteiger partial charge is 0.0714 e. The summed E-state index contributed by atoms with van der Waals surface area (Å²) in [7, 11) is 0. The molecular weight excluding hydrogens is 1710 g/mol. The first-order chi connectivity index (χ1) is 67.9. The fourth-order valence-electron chi connectivity index (χ4n) is 18.7. The molecule has 3 heterocycles. The lowest BCUT2D eigenvalue weighted by molar-refractivity contribution is 0.767. The van der Waals surface area contributed by atoms with E-state index < -0.39 is 71.9 Å². The van der Waals surface area contributed by atoms with Crippen molar-refractivity contribution < 1.29 is 20.6 Å². The second-order valence-corrected chi connectivity index (χ2v) is 33.8. The highest BCUT2D eigenvalue weighted by molar-refractivity contribution is 9.11. The minimum Gasteiger partial charge on any atom is -0.309 e. The predicted octanol–water partition coefficient (Wildman–Crippen LogP) is 33.8. The van der Waals surface area contributed by atoms with Gasteiger partial charge in [-0.1, -0.05) is 411 Å². The maximum atomic E-state index is 8.90. The third-order valence-electron chi connectivity index (χ3n) is 24.1. The Kier molecular flexibility index (Phi) is 16.2. The topological polar surface area (TPSA) is 14.8 Å². The average molecular weight is 1800 g/mol. The van der Waals surface area contributed by atoms with Crippen LogP contribution in [0.2, 0.25) is 0 Å². The van der Waals surface area contributed by atoms with Gasteiger partial charge in [0.05, 0.1) is 64.8 Å². The van der Waals surface area contributed by atoms with Crippen LogP contribution in [0.3, 0.4) is 0 Å². The lowest BCUT2D eigenvalue weighted by Gasteiger charge is -2.34. The zero-order valence-corrected chi connectivity index (χ0v) is 71.6. The Bertz CT molecular complexity index is 8960. The van der Waals surface area contributed by atoms with Crippen LogP contribution in [0.25, 0.3) is 182 Å². The van der Waals surface area contributed by atoms with Crippen LogP contribution in [0, 0.1) is 0 Å². The number of halogens is 3. The molecule has 24 rings (SSSR count). The third-order valence-corrected chi connectivity index (χ3v) is 25.6. The van der Waals surface area contributed by atoms with Gasteiger partial charge in [0.25, 0.3) is 0 Å². The van der Waals surface area contributed by atoms with E-state index in [4.69, 9.17) is 20.6 Å². The van der Waals surface area contributed by atoms with Crippen LogP contribution in [-0.4, -0.2) is 13.7 Å². The Hall–Kier alpha value is -14.5. The summed E-state index contributed by atoms with van der Waals surface area (Å²) in [5.74, 6) is 0. The highest BCUT2D eigenvalue weighted by atomic mass is 79.9. The Balaban J connectivity index is 0.000000121. The molecule has 125 heavy (non-hydrogen) atoms. The first-order valence-electron chi connectivity index (χ1n) is 48.7. The Labute approximate surface area is 772 Å². The molecule has 0 radical (unpaired) electrons. The molecule has 0 amide bonds. The number of aromatic nitrogens is 3. The van der Waals surface area contributed by atoms with E-state index in [1.165, 1.54) is 77.1 Å². The number of rotatable bonds is 12. The SMILES string of the molecule is Brc1cccc(-c2ccc3c4c5ccccc5ccc4n(-c4ccc5c(c4)C(c4ccccc4)(c4ccccc4)c4ccccc4-5)c3c2)c1.[2H]c1c([2H])c([2H])c(-c2ccc(-n3c4ccccc4c4ccc(-c5cccc(Br)c5)cc43)c(-c3c([2H])c([2H])c([2H])c([2H])c3[2H])c2)c([2H])c1[2H].[2H]c1c([2H])c([2H])c(-c2ccccc2-c2cccc(-n3c4ccccc4c4ccc(-c5cccc(Br)c5)cc43)c2)c([2H])c1[2H]. The summed E-state index contributed by atoms with van der Waals surface area (Å²) >= 11 is 10.9. The van der Waals surface area contributed by atoms with Crippen molar-refractivity contribution in [2.24, 2.45) is 0 Å². The normalized spacial score (nSPS) is 13.7. The van der Waals surface area contributed by atoms with Crippen molar-refractivity contribution >= 4 is 124 Å². The number of fused-ring (bicyclic) bond motifs is 14. The van der Waals surface area contributed by atoms with Gasteiger partial charge in [-0.3, -0.25) is 0 Å². The molecule has 1 aliphatic carbocycles. The van der Waals surface area contributed by atoms with Crippen molar-refractivity contribution in [2.75, 3.05) is 0 Å². The molecule has 0 saturated heterocycles. The Morgan fingerprint density at radius 1 is 0.208 bits per heavy atom. The first kappa shape index (κ1) is 61.7. The van der Waals surface area contributed by atoms with Gasteiger partial charge in [-0.2, -0.15) is 0 Å². The zero-order valence-electron chi connectivity index (χ0n) is 81.8. The van der Waals surface area contributed by atoms with E-state index in [9.17, 15) is 0 Å². The van der Waals surface area contributed by atoms with Crippen LogP contribution in [0.1, 0.15) is 42.8 Å². The summed E-state index contributed by atoms with van der Waals surface area (Å²) in [6.07, 6.45) is 0. The van der Waals surface area contributed by atoms with Crippen LogP contribution < -0.4 is 0 Å². The van der Waals surface area contributed by atoms with Crippen molar-refractivity contribution in [3.8, 4) is 106 Å². The summed E-state index contributed by atoms with van der Waals surface area (Å²) < 4.78 is 136. The Morgan fingerprint density at radius 3 is 1.20 bits per heavy atom. The van der Waals surface area contributed by atoms with E-state index in [1.54, 1.807) is 18.2 Å². The first-order valence-corrected chi connectivity index (χ1v) is 43.6. The molecule has 0 spiro atoms. The molecule has 3 nitrogen and oxygen atoms in total. The minimum absolute atomic E-state index is 0.0553. The van der Waals surface area contributed by atoms with Crippen LogP contribution in [0.4, 0.5) is 0 Å². The standard InChI is InChI=1S/C47H30BrN.2C36H24BrN/c48-36-18-11-13-32(28-36)33-22-25-41-45(29-33)49(44-27-23-31-12-7-8-19-38(31)46(41)44)37-24-26-40-39-20-9-10-21-42(39)47(43(40)30-37,34-14-3-1-4-15-34)35-16-5-2-6-17-35;37-30-15-9-14-27(22-30)29-18-20-32-31-16-7-8-17-34(31)38(36(32)24-29)35-21-19-28(25-10-3-1-4-11-25)23-33(35)26-12-5-2-6-13-26;37-29-14-8-12-26(22-29)27-20-21-34-33-18-6-7-19-35(33)38(36(34)24-27)30-15-9-13-28(23-30)32-17-5-4-16-31(32)25-10-2-1-3-11-25/h1-30H;2*1-24H/i;1D,2D,3D,4D,5D,6D,10D,11D,12D,13D;1D,2D,3D,10D,11D. The van der Waals surface area contributed by atoms with Crippen LogP contribution in [0.15, 0.2) is 486 Å². The van der Waals surface area contributed by atoms with E-state index >= 15 is 0 Å². The maximum Gasteiger partial charge on any atom is 0.0714 e. The van der Waals surface area contributed by atoms with Gasteiger partial charge in [0, 0.05) is 62.7 Å². The van der Waals surface area contributed by atoms with Gasteiger partial charge in [0.2, 0.25) is 0 Å². The number of para-hydroxylation sites is 2. The van der Waals surface area contributed by atoms with Gasteiger partial charge in [0.15, 0.2) is 0 Å². The van der Waals surface area contributed by atoms with Crippen molar-refractivity contribution in [2.45, 2.75) is 5.41 Å². The van der Waals surface area contributed by atoms with Gasteiger partial charge < -0.3 is 13.7 Å². The van der Waals surface area contributed by atoms with Gasteiger partial charge in [-0.25, -0.2) is 0 Å². The second-order valence-electron chi connectivity index (χ2n) is 31.0. The van der Waals surface area contributed by atoms with Crippen LogP contribution in [-0.2, 0) is 5.41 Å². The zero-order chi connectivity index (χ0) is 96.5. The van der Waals surface area contributed by atoms with Gasteiger partial charge >= 0.3 is 0 Å². The average Bonchev–Trinajstić information content (AvgIpc) is 1.53. The summed E-state index contributed by atoms with van der Waals surface area (Å²) in [6, 6.07) is 126. The van der Waals surface area contributed by atoms with Crippen LogP contribution >= 0.6 is 47.8 Å². The van der Waals surface area contributed by atoms with E-state index in [-0.39, 0.29) is 52.0 Å². The molecule has 0 atom stereocenters. The highest BCUT2D eigenvalue weighted by Gasteiger charge is 2.46. The fourth-order valence-corrected chi connectivity index (χ4v) is 19.9. The molecule has 6 heteroatoms. The minimum atomic E-state index is -0.535. The molecule has 0 saturated carbocycles. The summed E-state index contributed by atoms with van der Waals surface area (Å²) in [5, 5.41) is 9.25. The molecule has 1 aliphatic rings. The molecule has 23 aromatic rings. The Morgan fingerprint density at radius 2 is 0.616 bits per heavy atom. The molecule has 590 valence electrons. The summed E-state index contributed by atoms with van der Waals surface area (Å²) in [4.78, 5) is 0. The summed E-state index contributed by atoms with van der Waals surface area (Å²) in [5.41, 5.74) is 25.4. The number of benzene rings is 20.